The van der Waals surface area contributed by atoms with Crippen LogP contribution in [0.25, 0.3) is 0 Å². The molecule has 0 bridgehead atoms. The molecule has 2 N–H and O–H groups in total. The molecule has 4 nitrogen and oxygen atoms in total. The molecule has 0 aliphatic rings. The number of pyridine rings is 1. The van der Waals surface area contributed by atoms with Crippen LogP contribution in [0.15, 0.2) is 48.7 Å². The van der Waals surface area contributed by atoms with Gasteiger partial charge in [0, 0.05) is 23.1 Å². The SMILES string of the molecule is CC(C)(C)NC(=O)c1cc(Nc2ccccc2)ccn1. The molecular formula is C16H19N3O. The molecule has 0 spiro atoms. The van der Waals surface area contributed by atoms with E-state index in [0.29, 0.717) is 5.69 Å². The van der Waals surface area contributed by atoms with Gasteiger partial charge in [-0.1, -0.05) is 18.2 Å². The molecule has 1 aromatic heterocycles. The van der Waals surface area contributed by atoms with Gasteiger partial charge in [-0.25, -0.2) is 0 Å². The molecule has 0 radical (unpaired) electrons. The van der Waals surface area contributed by atoms with Gasteiger partial charge in [0.15, 0.2) is 0 Å². The molecule has 0 fully saturated rings. The first-order valence-corrected chi connectivity index (χ1v) is 6.55. The van der Waals surface area contributed by atoms with Crippen molar-refractivity contribution in [1.29, 1.82) is 0 Å². The van der Waals surface area contributed by atoms with Gasteiger partial charge in [0.1, 0.15) is 5.69 Å². The molecule has 0 saturated carbocycles. The van der Waals surface area contributed by atoms with Crippen LogP contribution in [-0.4, -0.2) is 16.4 Å². The number of amides is 1. The summed E-state index contributed by atoms with van der Waals surface area (Å²) >= 11 is 0. The Kier molecular flexibility index (Phi) is 4.03. The van der Waals surface area contributed by atoms with Crippen LogP contribution in [0.4, 0.5) is 11.4 Å². The third kappa shape index (κ3) is 4.09. The number of nitrogens with zero attached hydrogens (tertiary/aromatic N) is 1. The topological polar surface area (TPSA) is 54.0 Å². The predicted octanol–water partition coefficient (Wildman–Crippen LogP) is 3.35. The first-order valence-electron chi connectivity index (χ1n) is 6.55. The summed E-state index contributed by atoms with van der Waals surface area (Å²) < 4.78 is 0. The first kappa shape index (κ1) is 14.1. The average Bonchev–Trinajstić information content (AvgIpc) is 2.38. The Morgan fingerprint density at radius 1 is 1.05 bits per heavy atom. The van der Waals surface area contributed by atoms with E-state index in [1.54, 1.807) is 12.3 Å². The van der Waals surface area contributed by atoms with Crippen LogP contribution in [-0.2, 0) is 0 Å². The summed E-state index contributed by atoms with van der Waals surface area (Å²) in [5.74, 6) is -0.172. The van der Waals surface area contributed by atoms with Gasteiger partial charge in [-0.15, -0.1) is 0 Å². The van der Waals surface area contributed by atoms with Crippen molar-refractivity contribution in [3.05, 3.63) is 54.4 Å². The molecule has 4 heteroatoms. The lowest BCUT2D eigenvalue weighted by Gasteiger charge is -2.20. The highest BCUT2D eigenvalue weighted by Crippen LogP contribution is 2.16. The van der Waals surface area contributed by atoms with E-state index in [2.05, 4.69) is 15.6 Å². The molecule has 104 valence electrons. The minimum atomic E-state index is -0.276. The van der Waals surface area contributed by atoms with Crippen LogP contribution in [0.5, 0.6) is 0 Å². The fraction of sp³-hybridized carbons (Fsp3) is 0.250. The summed E-state index contributed by atoms with van der Waals surface area (Å²) in [6, 6.07) is 13.4. The molecular weight excluding hydrogens is 250 g/mol. The highest BCUT2D eigenvalue weighted by atomic mass is 16.2. The van der Waals surface area contributed by atoms with E-state index in [-0.39, 0.29) is 11.4 Å². The highest BCUT2D eigenvalue weighted by Gasteiger charge is 2.16. The van der Waals surface area contributed by atoms with Gasteiger partial charge in [-0.3, -0.25) is 9.78 Å². The van der Waals surface area contributed by atoms with E-state index in [1.807, 2.05) is 57.2 Å². The van der Waals surface area contributed by atoms with Crippen LogP contribution in [0, 0.1) is 0 Å². The zero-order valence-electron chi connectivity index (χ0n) is 12.0. The fourth-order valence-electron chi connectivity index (χ4n) is 1.73. The smallest absolute Gasteiger partial charge is 0.270 e. The summed E-state index contributed by atoms with van der Waals surface area (Å²) in [6.07, 6.45) is 1.63. The lowest BCUT2D eigenvalue weighted by Crippen LogP contribution is -2.40. The maximum atomic E-state index is 12.1. The quantitative estimate of drug-likeness (QED) is 0.898. The molecule has 2 aromatic rings. The minimum Gasteiger partial charge on any atom is -0.355 e. The van der Waals surface area contributed by atoms with Gasteiger partial charge in [0.25, 0.3) is 5.91 Å². The van der Waals surface area contributed by atoms with Gasteiger partial charge < -0.3 is 10.6 Å². The van der Waals surface area contributed by atoms with Crippen molar-refractivity contribution in [2.75, 3.05) is 5.32 Å². The maximum absolute atomic E-state index is 12.1. The van der Waals surface area contributed by atoms with Gasteiger partial charge in [-0.2, -0.15) is 0 Å². The number of para-hydroxylation sites is 1. The van der Waals surface area contributed by atoms with Gasteiger partial charge >= 0.3 is 0 Å². The summed E-state index contributed by atoms with van der Waals surface area (Å²) in [5, 5.41) is 6.14. The standard InChI is InChI=1S/C16H19N3O/c1-16(2,3)19-15(20)14-11-13(9-10-17-14)18-12-7-5-4-6-8-12/h4-11H,1-3H3,(H,17,18)(H,19,20). The Bertz CT molecular complexity index is 588. The van der Waals surface area contributed by atoms with Crippen molar-refractivity contribution in [1.82, 2.24) is 10.3 Å². The second kappa shape index (κ2) is 5.74. The van der Waals surface area contributed by atoms with Crippen molar-refractivity contribution in [3.8, 4) is 0 Å². The van der Waals surface area contributed by atoms with Gasteiger partial charge in [-0.05, 0) is 45.0 Å². The van der Waals surface area contributed by atoms with E-state index in [4.69, 9.17) is 0 Å². The molecule has 0 aliphatic heterocycles. The molecule has 0 saturated heterocycles. The Hall–Kier alpha value is -2.36. The summed E-state index contributed by atoms with van der Waals surface area (Å²) in [6.45, 7) is 5.82. The number of hydrogen-bond donors (Lipinski definition) is 2. The number of hydrogen-bond acceptors (Lipinski definition) is 3. The summed E-state index contributed by atoms with van der Waals surface area (Å²) in [4.78, 5) is 16.2. The number of aromatic nitrogens is 1. The van der Waals surface area contributed by atoms with E-state index < -0.39 is 0 Å². The fourth-order valence-corrected chi connectivity index (χ4v) is 1.73. The number of carbonyl (C=O) groups excluding carboxylic acids is 1. The molecule has 0 aliphatic carbocycles. The average molecular weight is 269 g/mol. The van der Waals surface area contributed by atoms with Crippen molar-refractivity contribution in [3.63, 3.8) is 0 Å². The zero-order valence-corrected chi connectivity index (χ0v) is 12.0. The van der Waals surface area contributed by atoms with Crippen LogP contribution in [0.3, 0.4) is 0 Å². The van der Waals surface area contributed by atoms with Crippen molar-refractivity contribution in [2.24, 2.45) is 0 Å². The number of anilines is 2. The lowest BCUT2D eigenvalue weighted by molar-refractivity contribution is 0.0914. The van der Waals surface area contributed by atoms with Crippen LogP contribution in [0.2, 0.25) is 0 Å². The second-order valence-corrected chi connectivity index (χ2v) is 5.62. The number of nitrogens with one attached hydrogen (secondary N) is 2. The third-order valence-corrected chi connectivity index (χ3v) is 2.54. The van der Waals surface area contributed by atoms with Gasteiger partial charge in [0.2, 0.25) is 0 Å². The zero-order chi connectivity index (χ0) is 14.6. The largest absolute Gasteiger partial charge is 0.355 e. The Labute approximate surface area is 119 Å². The van der Waals surface area contributed by atoms with Crippen LogP contribution in [0.1, 0.15) is 31.3 Å². The number of rotatable bonds is 3. The Morgan fingerprint density at radius 2 is 1.75 bits per heavy atom. The lowest BCUT2D eigenvalue weighted by atomic mass is 10.1. The van der Waals surface area contributed by atoms with Crippen LogP contribution < -0.4 is 10.6 Å². The van der Waals surface area contributed by atoms with E-state index >= 15 is 0 Å². The van der Waals surface area contributed by atoms with Crippen molar-refractivity contribution < 1.29 is 4.79 Å². The normalized spacial score (nSPS) is 10.9. The highest BCUT2D eigenvalue weighted by molar-refractivity contribution is 5.93. The Balaban J connectivity index is 2.14. The van der Waals surface area contributed by atoms with E-state index in [9.17, 15) is 4.79 Å². The van der Waals surface area contributed by atoms with Crippen molar-refractivity contribution in [2.45, 2.75) is 26.3 Å². The second-order valence-electron chi connectivity index (χ2n) is 5.62. The number of carbonyl (C=O) groups is 1. The van der Waals surface area contributed by atoms with Gasteiger partial charge in [0.05, 0.1) is 0 Å². The molecule has 0 atom stereocenters. The molecule has 1 aromatic carbocycles. The molecule has 0 unspecified atom stereocenters. The maximum Gasteiger partial charge on any atom is 0.270 e. The monoisotopic (exact) mass is 269 g/mol. The van der Waals surface area contributed by atoms with Crippen molar-refractivity contribution >= 4 is 17.3 Å². The summed E-state index contributed by atoms with van der Waals surface area (Å²) in [7, 11) is 0. The predicted molar refractivity (Wildman–Crippen MR) is 81.2 cm³/mol. The first-order chi connectivity index (χ1) is 9.44. The molecule has 2 rings (SSSR count). The molecule has 20 heavy (non-hydrogen) atoms. The molecule has 1 heterocycles. The minimum absolute atomic E-state index is 0.172. The van der Waals surface area contributed by atoms with E-state index in [1.165, 1.54) is 0 Å². The van der Waals surface area contributed by atoms with E-state index in [0.717, 1.165) is 11.4 Å². The number of benzene rings is 1. The molecule has 1 amide bonds. The van der Waals surface area contributed by atoms with Crippen LogP contribution >= 0.6 is 0 Å². The summed E-state index contributed by atoms with van der Waals surface area (Å²) in [5.41, 5.74) is 1.94. The Morgan fingerprint density at radius 3 is 2.40 bits per heavy atom. The third-order valence-electron chi connectivity index (χ3n) is 2.54.